The topological polar surface area (TPSA) is 20.3 Å². The Hall–Kier alpha value is -1.15. The second kappa shape index (κ2) is 5.87. The Morgan fingerprint density at radius 3 is 2.47 bits per heavy atom. The zero-order valence-electron chi connectivity index (χ0n) is 12.4. The quantitative estimate of drug-likeness (QED) is 0.754. The number of ketones is 1. The zero-order chi connectivity index (χ0) is 13.9. The molecule has 1 heterocycles. The van der Waals surface area contributed by atoms with Crippen molar-refractivity contribution in [1.82, 2.24) is 4.90 Å². The third kappa shape index (κ3) is 3.90. The van der Waals surface area contributed by atoms with Crippen LogP contribution in [0.25, 0.3) is 0 Å². The van der Waals surface area contributed by atoms with Crippen molar-refractivity contribution < 1.29 is 4.79 Å². The maximum absolute atomic E-state index is 12.2. The Bertz CT molecular complexity index is 433. The fraction of sp³-hybridized carbons (Fsp3) is 0.588. The maximum Gasteiger partial charge on any atom is 0.176 e. The summed E-state index contributed by atoms with van der Waals surface area (Å²) in [6.45, 7) is 9.37. The zero-order valence-corrected chi connectivity index (χ0v) is 12.4. The molecule has 2 nitrogen and oxygen atoms in total. The molecule has 0 atom stereocenters. The minimum Gasteiger partial charge on any atom is -0.295 e. The molecule has 1 aliphatic heterocycles. The molecule has 2 rings (SSSR count). The summed E-state index contributed by atoms with van der Waals surface area (Å²) in [5, 5.41) is 0. The van der Waals surface area contributed by atoms with Crippen molar-refractivity contribution in [2.75, 3.05) is 19.6 Å². The van der Waals surface area contributed by atoms with Gasteiger partial charge in [-0.2, -0.15) is 0 Å². The Labute approximate surface area is 116 Å². The van der Waals surface area contributed by atoms with E-state index in [1.807, 2.05) is 12.1 Å². The van der Waals surface area contributed by atoms with Gasteiger partial charge < -0.3 is 0 Å². The van der Waals surface area contributed by atoms with E-state index >= 15 is 0 Å². The molecule has 1 saturated heterocycles. The summed E-state index contributed by atoms with van der Waals surface area (Å²) in [4.78, 5) is 14.5. The van der Waals surface area contributed by atoms with Gasteiger partial charge in [0.05, 0.1) is 6.54 Å². The highest BCUT2D eigenvalue weighted by molar-refractivity contribution is 5.97. The summed E-state index contributed by atoms with van der Waals surface area (Å²) in [5.74, 6) is 0.251. The predicted molar refractivity (Wildman–Crippen MR) is 79.6 cm³/mol. The monoisotopic (exact) mass is 259 g/mol. The SMILES string of the molecule is CCCc1ccc(C(=O)CN2CCC(C)(C)C2)cc1. The lowest BCUT2D eigenvalue weighted by Gasteiger charge is -2.19. The van der Waals surface area contributed by atoms with Gasteiger partial charge in [-0.05, 0) is 30.4 Å². The molecule has 1 aromatic carbocycles. The molecule has 0 unspecified atom stereocenters. The van der Waals surface area contributed by atoms with Crippen LogP contribution in [0.2, 0.25) is 0 Å². The van der Waals surface area contributed by atoms with Gasteiger partial charge in [0.1, 0.15) is 0 Å². The third-order valence-electron chi connectivity index (χ3n) is 3.94. The molecule has 0 aliphatic carbocycles. The molecule has 19 heavy (non-hydrogen) atoms. The number of Topliss-reactive ketones (excluding diaryl/α,β-unsaturated/α-hetero) is 1. The molecular weight excluding hydrogens is 234 g/mol. The van der Waals surface area contributed by atoms with E-state index in [1.54, 1.807) is 0 Å². The van der Waals surface area contributed by atoms with Gasteiger partial charge in [0.15, 0.2) is 5.78 Å². The normalized spacial score (nSPS) is 18.7. The van der Waals surface area contributed by atoms with Crippen LogP contribution in [0.5, 0.6) is 0 Å². The molecule has 0 aromatic heterocycles. The molecule has 0 saturated carbocycles. The fourth-order valence-corrected chi connectivity index (χ4v) is 2.80. The molecule has 0 N–H and O–H groups in total. The average Bonchev–Trinajstić information content (AvgIpc) is 2.70. The number of carbonyl (C=O) groups excluding carboxylic acids is 1. The summed E-state index contributed by atoms with van der Waals surface area (Å²) in [6, 6.07) is 8.14. The van der Waals surface area contributed by atoms with Crippen LogP contribution in [0.15, 0.2) is 24.3 Å². The number of hydrogen-bond acceptors (Lipinski definition) is 2. The van der Waals surface area contributed by atoms with Crippen molar-refractivity contribution in [3.8, 4) is 0 Å². The van der Waals surface area contributed by atoms with Gasteiger partial charge in [0.25, 0.3) is 0 Å². The minimum absolute atomic E-state index is 0.251. The molecule has 1 aromatic rings. The molecule has 0 radical (unpaired) electrons. The third-order valence-corrected chi connectivity index (χ3v) is 3.94. The second-order valence-corrected chi connectivity index (χ2v) is 6.49. The van der Waals surface area contributed by atoms with Crippen molar-refractivity contribution >= 4 is 5.78 Å². The highest BCUT2D eigenvalue weighted by Gasteiger charge is 2.30. The molecule has 0 amide bonds. The van der Waals surface area contributed by atoms with Crippen LogP contribution in [0, 0.1) is 5.41 Å². The van der Waals surface area contributed by atoms with Gasteiger partial charge in [-0.3, -0.25) is 9.69 Å². The van der Waals surface area contributed by atoms with Gasteiger partial charge in [0.2, 0.25) is 0 Å². The van der Waals surface area contributed by atoms with E-state index in [4.69, 9.17) is 0 Å². The number of carbonyl (C=O) groups is 1. The van der Waals surface area contributed by atoms with Crippen molar-refractivity contribution in [2.45, 2.75) is 40.0 Å². The van der Waals surface area contributed by atoms with E-state index in [0.29, 0.717) is 12.0 Å². The lowest BCUT2D eigenvalue weighted by molar-refractivity contribution is 0.0940. The Morgan fingerprint density at radius 2 is 1.95 bits per heavy atom. The largest absolute Gasteiger partial charge is 0.295 e. The molecule has 1 fully saturated rings. The van der Waals surface area contributed by atoms with Gasteiger partial charge in [-0.25, -0.2) is 0 Å². The first-order valence-corrected chi connectivity index (χ1v) is 7.35. The first kappa shape index (κ1) is 14.3. The van der Waals surface area contributed by atoms with Crippen LogP contribution in [-0.2, 0) is 6.42 Å². The van der Waals surface area contributed by atoms with Gasteiger partial charge in [-0.15, -0.1) is 0 Å². The first-order chi connectivity index (χ1) is 9.00. The van der Waals surface area contributed by atoms with E-state index in [2.05, 4.69) is 37.8 Å². The summed E-state index contributed by atoms with van der Waals surface area (Å²) >= 11 is 0. The highest BCUT2D eigenvalue weighted by atomic mass is 16.1. The average molecular weight is 259 g/mol. The van der Waals surface area contributed by atoms with Crippen LogP contribution in [-0.4, -0.2) is 30.3 Å². The smallest absolute Gasteiger partial charge is 0.176 e. The number of aryl methyl sites for hydroxylation is 1. The number of rotatable bonds is 5. The summed E-state index contributed by atoms with van der Waals surface area (Å²) in [7, 11) is 0. The number of nitrogens with zero attached hydrogens (tertiary/aromatic N) is 1. The van der Waals surface area contributed by atoms with E-state index in [1.165, 1.54) is 12.0 Å². The summed E-state index contributed by atoms with van der Waals surface area (Å²) in [5.41, 5.74) is 2.54. The Morgan fingerprint density at radius 1 is 1.26 bits per heavy atom. The molecule has 1 aliphatic rings. The standard InChI is InChI=1S/C17H25NO/c1-4-5-14-6-8-15(9-7-14)16(19)12-18-11-10-17(2,3)13-18/h6-9H,4-5,10-13H2,1-3H3. The van der Waals surface area contributed by atoms with Crippen molar-refractivity contribution in [2.24, 2.45) is 5.41 Å². The van der Waals surface area contributed by atoms with Crippen LogP contribution in [0.3, 0.4) is 0 Å². The van der Waals surface area contributed by atoms with Crippen LogP contribution < -0.4 is 0 Å². The van der Waals surface area contributed by atoms with Gasteiger partial charge in [0, 0.05) is 12.1 Å². The van der Waals surface area contributed by atoms with Crippen LogP contribution in [0.1, 0.15) is 49.5 Å². The molecular formula is C17H25NO. The van der Waals surface area contributed by atoms with Crippen molar-refractivity contribution in [3.63, 3.8) is 0 Å². The Balaban J connectivity index is 1.93. The highest BCUT2D eigenvalue weighted by Crippen LogP contribution is 2.28. The minimum atomic E-state index is 0.251. The van der Waals surface area contributed by atoms with Crippen LogP contribution in [0.4, 0.5) is 0 Å². The van der Waals surface area contributed by atoms with E-state index in [-0.39, 0.29) is 5.78 Å². The molecule has 104 valence electrons. The maximum atomic E-state index is 12.2. The van der Waals surface area contributed by atoms with E-state index < -0.39 is 0 Å². The number of hydrogen-bond donors (Lipinski definition) is 0. The predicted octanol–water partition coefficient (Wildman–Crippen LogP) is 3.55. The fourth-order valence-electron chi connectivity index (χ4n) is 2.80. The van der Waals surface area contributed by atoms with Crippen LogP contribution >= 0.6 is 0 Å². The Kier molecular flexibility index (Phi) is 4.41. The van der Waals surface area contributed by atoms with Crippen molar-refractivity contribution in [3.05, 3.63) is 35.4 Å². The van der Waals surface area contributed by atoms with E-state index in [0.717, 1.165) is 31.5 Å². The van der Waals surface area contributed by atoms with Gasteiger partial charge in [-0.1, -0.05) is 51.5 Å². The summed E-state index contributed by atoms with van der Waals surface area (Å²) < 4.78 is 0. The number of likely N-dealkylation sites (tertiary alicyclic amines) is 1. The number of benzene rings is 1. The first-order valence-electron chi connectivity index (χ1n) is 7.35. The van der Waals surface area contributed by atoms with Crippen molar-refractivity contribution in [1.29, 1.82) is 0 Å². The summed E-state index contributed by atoms with van der Waals surface area (Å²) in [6.07, 6.45) is 3.43. The molecule has 2 heteroatoms. The molecule has 0 spiro atoms. The second-order valence-electron chi connectivity index (χ2n) is 6.49. The lowest BCUT2D eigenvalue weighted by Crippen LogP contribution is -2.29. The van der Waals surface area contributed by atoms with E-state index in [9.17, 15) is 4.79 Å². The van der Waals surface area contributed by atoms with Gasteiger partial charge >= 0.3 is 0 Å². The molecule has 0 bridgehead atoms. The lowest BCUT2D eigenvalue weighted by atomic mass is 9.93.